The Hall–Kier alpha value is -3.23. The average Bonchev–Trinajstić information content (AvgIpc) is 2.68. The van der Waals surface area contributed by atoms with Crippen LogP contribution in [0.1, 0.15) is 49.3 Å². The van der Waals surface area contributed by atoms with Crippen molar-refractivity contribution in [3.8, 4) is 5.75 Å². The second-order valence-electron chi connectivity index (χ2n) is 9.99. The largest absolute Gasteiger partial charge is 0.487 e. The van der Waals surface area contributed by atoms with Crippen LogP contribution in [0.15, 0.2) is 36.5 Å². The fourth-order valence-electron chi connectivity index (χ4n) is 4.24. The van der Waals surface area contributed by atoms with E-state index in [1.54, 1.807) is 12.1 Å². The quantitative estimate of drug-likeness (QED) is 0.510. The van der Waals surface area contributed by atoms with E-state index in [-0.39, 0.29) is 12.1 Å². The van der Waals surface area contributed by atoms with Crippen LogP contribution in [0.5, 0.6) is 5.75 Å². The summed E-state index contributed by atoms with van der Waals surface area (Å²) in [6.45, 7) is 9.42. The maximum Gasteiger partial charge on any atom is 0.340 e. The molecule has 2 aliphatic rings. The zero-order chi connectivity index (χ0) is 23.4. The molecule has 33 heavy (non-hydrogen) atoms. The average molecular weight is 448 g/mol. The van der Waals surface area contributed by atoms with Gasteiger partial charge in [-0.1, -0.05) is 6.07 Å². The van der Waals surface area contributed by atoms with Crippen LogP contribution in [-0.2, 0) is 16.7 Å². The van der Waals surface area contributed by atoms with Gasteiger partial charge in [0.2, 0.25) is 0 Å². The van der Waals surface area contributed by atoms with Gasteiger partial charge in [0.1, 0.15) is 29.1 Å². The number of carbonyl (C=O) groups excluding carboxylic acids is 1. The molecular weight excluding hydrogens is 418 g/mol. The van der Waals surface area contributed by atoms with Crippen molar-refractivity contribution >= 4 is 28.4 Å². The summed E-state index contributed by atoms with van der Waals surface area (Å²) in [4.78, 5) is 21.5. The predicted molar refractivity (Wildman–Crippen MR) is 127 cm³/mol. The van der Waals surface area contributed by atoms with Crippen molar-refractivity contribution in [1.29, 1.82) is 0 Å². The number of cyclic esters (lactones) is 1. The molecule has 4 heterocycles. The van der Waals surface area contributed by atoms with Crippen LogP contribution in [0.3, 0.4) is 0 Å². The van der Waals surface area contributed by atoms with Gasteiger partial charge in [0.05, 0.1) is 11.3 Å². The number of esters is 1. The number of pyridine rings is 2. The van der Waals surface area contributed by atoms with E-state index >= 15 is 0 Å². The summed E-state index contributed by atoms with van der Waals surface area (Å²) in [5, 5.41) is 8.41. The number of aromatic nitrogens is 2. The third-order valence-electron chi connectivity index (χ3n) is 6.01. The lowest BCUT2D eigenvalue weighted by atomic mass is 9.90. The van der Waals surface area contributed by atoms with Crippen molar-refractivity contribution in [2.75, 3.05) is 18.4 Å². The van der Waals surface area contributed by atoms with E-state index in [1.165, 1.54) is 0 Å². The number of anilines is 2. The Morgan fingerprint density at radius 1 is 1.18 bits per heavy atom. The molecule has 1 aromatic carbocycles. The minimum absolute atomic E-state index is 0.165. The van der Waals surface area contributed by atoms with Crippen LogP contribution < -0.4 is 21.1 Å². The molecule has 0 atom stereocenters. The topological polar surface area (TPSA) is 111 Å². The fourth-order valence-corrected chi connectivity index (χ4v) is 4.24. The number of nitrogens with zero attached hydrogens (tertiary/aromatic N) is 2. The van der Waals surface area contributed by atoms with Crippen molar-refractivity contribution in [1.82, 2.24) is 15.3 Å². The van der Waals surface area contributed by atoms with Gasteiger partial charge in [-0.2, -0.15) is 0 Å². The summed E-state index contributed by atoms with van der Waals surface area (Å²) >= 11 is 0. The van der Waals surface area contributed by atoms with Gasteiger partial charge in [-0.25, -0.2) is 14.8 Å². The molecule has 0 radical (unpaired) electrons. The van der Waals surface area contributed by atoms with Crippen molar-refractivity contribution in [3.05, 3.63) is 53.3 Å². The molecule has 0 unspecified atom stereocenters. The Bertz CT molecular complexity index is 1240. The molecule has 3 aromatic rings. The molecule has 1 fully saturated rings. The number of benzene rings is 1. The van der Waals surface area contributed by atoms with Gasteiger partial charge >= 0.3 is 5.97 Å². The molecule has 2 aromatic heterocycles. The maximum atomic E-state index is 12.3. The standard InChI is InChI=1S/C25H29N5O3/c1-24(2)10-19-15(23(31)33-24)5-8-21(29-19)30-22-9-16-17(13-28-22)20(32-14-11-27-12-14)7-6-18(16)25(3,4)26/h5-9,13-14,27H,10-12,26H2,1-4H3,(H,28,29,30). The van der Waals surface area contributed by atoms with E-state index in [1.807, 2.05) is 52.1 Å². The molecular formula is C25H29N5O3. The molecule has 5 rings (SSSR count). The van der Waals surface area contributed by atoms with E-state index in [4.69, 9.17) is 15.2 Å². The normalized spacial score (nSPS) is 17.8. The van der Waals surface area contributed by atoms with E-state index in [2.05, 4.69) is 20.6 Å². The monoisotopic (exact) mass is 447 g/mol. The molecule has 0 aliphatic carbocycles. The molecule has 0 spiro atoms. The highest BCUT2D eigenvalue weighted by molar-refractivity contribution is 5.94. The van der Waals surface area contributed by atoms with Crippen LogP contribution in [0.25, 0.3) is 10.8 Å². The molecule has 2 aliphatic heterocycles. The maximum absolute atomic E-state index is 12.3. The summed E-state index contributed by atoms with van der Waals surface area (Å²) in [5.41, 5.74) is 7.59. The summed E-state index contributed by atoms with van der Waals surface area (Å²) < 4.78 is 11.6. The minimum atomic E-state index is -0.578. The number of fused-ring (bicyclic) bond motifs is 2. The van der Waals surface area contributed by atoms with Crippen LogP contribution in [0.4, 0.5) is 11.6 Å². The molecule has 4 N–H and O–H groups in total. The van der Waals surface area contributed by atoms with E-state index in [0.29, 0.717) is 23.6 Å². The zero-order valence-electron chi connectivity index (χ0n) is 19.4. The third-order valence-corrected chi connectivity index (χ3v) is 6.01. The van der Waals surface area contributed by atoms with E-state index < -0.39 is 11.1 Å². The Morgan fingerprint density at radius 3 is 2.67 bits per heavy atom. The van der Waals surface area contributed by atoms with Crippen molar-refractivity contribution in [2.45, 2.75) is 51.4 Å². The SMILES string of the molecule is CC1(C)Cc2nc(Nc3cc4c(C(C)(C)N)ccc(OC5CNC5)c4cn3)ccc2C(=O)O1. The smallest absolute Gasteiger partial charge is 0.340 e. The highest BCUT2D eigenvalue weighted by Crippen LogP contribution is 2.35. The zero-order valence-corrected chi connectivity index (χ0v) is 19.4. The highest BCUT2D eigenvalue weighted by Gasteiger charge is 2.33. The second-order valence-corrected chi connectivity index (χ2v) is 9.99. The summed E-state index contributed by atoms with van der Waals surface area (Å²) in [6.07, 6.45) is 2.53. The summed E-state index contributed by atoms with van der Waals surface area (Å²) in [7, 11) is 0. The first-order valence-corrected chi connectivity index (χ1v) is 11.2. The van der Waals surface area contributed by atoms with Crippen molar-refractivity contribution < 1.29 is 14.3 Å². The molecule has 0 amide bonds. The number of carbonyl (C=O) groups is 1. The fraction of sp³-hybridized carbons (Fsp3) is 0.400. The van der Waals surface area contributed by atoms with Crippen molar-refractivity contribution in [3.63, 3.8) is 0 Å². The number of hydrogen-bond donors (Lipinski definition) is 3. The molecule has 8 heteroatoms. The first kappa shape index (κ1) is 21.6. The van der Waals surface area contributed by atoms with Crippen molar-refractivity contribution in [2.24, 2.45) is 5.73 Å². The van der Waals surface area contributed by atoms with Gasteiger partial charge < -0.3 is 25.8 Å². The lowest BCUT2D eigenvalue weighted by Gasteiger charge is -2.30. The van der Waals surface area contributed by atoms with Crippen LogP contribution in [0.2, 0.25) is 0 Å². The Kier molecular flexibility index (Phi) is 5.02. The molecule has 0 saturated carbocycles. The predicted octanol–water partition coefficient (Wildman–Crippen LogP) is 3.41. The van der Waals surface area contributed by atoms with Gasteiger partial charge in [0.25, 0.3) is 0 Å². The highest BCUT2D eigenvalue weighted by atomic mass is 16.6. The molecule has 172 valence electrons. The van der Waals surface area contributed by atoms with Crippen LogP contribution in [-0.4, -0.2) is 40.7 Å². The Labute approximate surface area is 192 Å². The summed E-state index contributed by atoms with van der Waals surface area (Å²) in [6, 6.07) is 9.49. The molecule has 1 saturated heterocycles. The van der Waals surface area contributed by atoms with Crippen LogP contribution >= 0.6 is 0 Å². The molecule has 8 nitrogen and oxygen atoms in total. The first-order chi connectivity index (χ1) is 15.6. The van der Waals surface area contributed by atoms with Gasteiger partial charge in [0, 0.05) is 36.6 Å². The van der Waals surface area contributed by atoms with Gasteiger partial charge in [-0.3, -0.25) is 0 Å². The second kappa shape index (κ2) is 7.67. The Balaban J connectivity index is 1.51. The number of nitrogens with one attached hydrogen (secondary N) is 2. The molecule has 0 bridgehead atoms. The number of nitrogens with two attached hydrogens (primary N) is 1. The minimum Gasteiger partial charge on any atom is -0.487 e. The van der Waals surface area contributed by atoms with E-state index in [9.17, 15) is 4.79 Å². The van der Waals surface area contributed by atoms with Crippen LogP contribution in [0, 0.1) is 0 Å². The van der Waals surface area contributed by atoms with Gasteiger partial charge in [-0.05, 0) is 62.9 Å². The number of rotatable bonds is 5. The summed E-state index contributed by atoms with van der Waals surface area (Å²) in [5.74, 6) is 1.72. The third kappa shape index (κ3) is 4.24. The van der Waals surface area contributed by atoms with E-state index in [0.717, 1.165) is 40.9 Å². The first-order valence-electron chi connectivity index (χ1n) is 11.2. The Morgan fingerprint density at radius 2 is 1.97 bits per heavy atom. The van der Waals surface area contributed by atoms with Gasteiger partial charge in [0.15, 0.2) is 0 Å². The van der Waals surface area contributed by atoms with Gasteiger partial charge in [-0.15, -0.1) is 0 Å². The lowest BCUT2D eigenvalue weighted by Crippen LogP contribution is -2.50. The number of hydrogen-bond acceptors (Lipinski definition) is 8. The lowest BCUT2D eigenvalue weighted by molar-refractivity contribution is -0.00714. The number of ether oxygens (including phenoxy) is 2.